The molecule has 0 spiro atoms. The average molecular weight is 422 g/mol. The third kappa shape index (κ3) is 5.55. The zero-order chi connectivity index (χ0) is 22.2. The number of nitrogens with one attached hydrogen (secondary N) is 2. The number of benzene rings is 2. The Labute approximate surface area is 178 Å². The lowest BCUT2D eigenvalue weighted by atomic mass is 10.1. The van der Waals surface area contributed by atoms with Crippen LogP contribution in [0, 0.1) is 0 Å². The third-order valence-corrected chi connectivity index (χ3v) is 4.35. The number of ether oxygens (including phenoxy) is 2. The van der Waals surface area contributed by atoms with Crippen molar-refractivity contribution in [1.29, 1.82) is 0 Å². The Morgan fingerprint density at radius 2 is 1.77 bits per heavy atom. The van der Waals surface area contributed by atoms with E-state index in [4.69, 9.17) is 9.47 Å². The molecule has 3 aromatic rings. The standard InChI is InChI=1S/C22H22N4O5/c1-30-13-12-26-20(27)11-10-19(25-26)22(29)24-18-9-4-3-8-17(18)21(28)23-15-6-5-7-16(14-15)31-2/h3-11,14H,12-13H2,1-2H3,(H,23,28)(H,24,29). The van der Waals surface area contributed by atoms with Crippen LogP contribution in [0.2, 0.25) is 0 Å². The van der Waals surface area contributed by atoms with E-state index >= 15 is 0 Å². The first-order chi connectivity index (χ1) is 15.0. The Morgan fingerprint density at radius 1 is 0.968 bits per heavy atom. The number of anilines is 2. The first-order valence-corrected chi connectivity index (χ1v) is 9.44. The Balaban J connectivity index is 1.79. The smallest absolute Gasteiger partial charge is 0.276 e. The molecule has 0 fully saturated rings. The second kappa shape index (κ2) is 10.2. The Kier molecular flexibility index (Phi) is 7.13. The van der Waals surface area contributed by atoms with Crippen molar-refractivity contribution in [1.82, 2.24) is 9.78 Å². The van der Waals surface area contributed by atoms with Crippen LogP contribution in [0.3, 0.4) is 0 Å². The zero-order valence-electron chi connectivity index (χ0n) is 17.1. The molecule has 3 rings (SSSR count). The lowest BCUT2D eigenvalue weighted by Crippen LogP contribution is -2.28. The molecule has 0 atom stereocenters. The molecule has 2 aromatic carbocycles. The number of para-hydroxylation sites is 1. The summed E-state index contributed by atoms with van der Waals surface area (Å²) in [5.41, 5.74) is 0.832. The number of methoxy groups -OCH3 is 2. The number of carbonyl (C=O) groups is 2. The summed E-state index contributed by atoms with van der Waals surface area (Å²) in [5, 5.41) is 9.53. The van der Waals surface area contributed by atoms with E-state index in [1.165, 1.54) is 26.4 Å². The van der Waals surface area contributed by atoms with Crippen LogP contribution in [-0.2, 0) is 11.3 Å². The highest BCUT2D eigenvalue weighted by atomic mass is 16.5. The molecule has 0 radical (unpaired) electrons. The summed E-state index contributed by atoms with van der Waals surface area (Å²) in [6.45, 7) is 0.501. The van der Waals surface area contributed by atoms with Crippen molar-refractivity contribution in [2.45, 2.75) is 6.54 Å². The Bertz CT molecular complexity index is 1140. The molecule has 160 valence electrons. The summed E-state index contributed by atoms with van der Waals surface area (Å²) in [6.07, 6.45) is 0. The van der Waals surface area contributed by atoms with Gasteiger partial charge in [0.1, 0.15) is 11.4 Å². The fourth-order valence-electron chi connectivity index (χ4n) is 2.78. The average Bonchev–Trinajstić information content (AvgIpc) is 2.79. The summed E-state index contributed by atoms with van der Waals surface area (Å²) >= 11 is 0. The molecule has 9 heteroatoms. The van der Waals surface area contributed by atoms with Gasteiger partial charge in [-0.25, -0.2) is 4.68 Å². The van der Waals surface area contributed by atoms with Gasteiger partial charge in [-0.15, -0.1) is 0 Å². The molecular weight excluding hydrogens is 400 g/mol. The molecule has 0 saturated heterocycles. The summed E-state index contributed by atoms with van der Waals surface area (Å²) in [7, 11) is 3.05. The minimum Gasteiger partial charge on any atom is -0.497 e. The zero-order valence-corrected chi connectivity index (χ0v) is 17.1. The largest absolute Gasteiger partial charge is 0.497 e. The van der Waals surface area contributed by atoms with Gasteiger partial charge in [-0.3, -0.25) is 14.4 Å². The van der Waals surface area contributed by atoms with E-state index in [1.54, 1.807) is 48.5 Å². The molecule has 2 N–H and O–H groups in total. The number of hydrogen-bond acceptors (Lipinski definition) is 6. The molecule has 0 aliphatic carbocycles. The van der Waals surface area contributed by atoms with Crippen LogP contribution < -0.4 is 20.9 Å². The van der Waals surface area contributed by atoms with E-state index < -0.39 is 11.8 Å². The highest BCUT2D eigenvalue weighted by Gasteiger charge is 2.16. The highest BCUT2D eigenvalue weighted by Crippen LogP contribution is 2.20. The van der Waals surface area contributed by atoms with Crippen LogP contribution >= 0.6 is 0 Å². The van der Waals surface area contributed by atoms with Crippen molar-refractivity contribution >= 4 is 23.2 Å². The van der Waals surface area contributed by atoms with Crippen molar-refractivity contribution in [3.05, 3.63) is 82.3 Å². The van der Waals surface area contributed by atoms with Gasteiger partial charge in [0.25, 0.3) is 17.4 Å². The molecule has 0 aliphatic rings. The first kappa shape index (κ1) is 21.7. The van der Waals surface area contributed by atoms with E-state index in [0.29, 0.717) is 17.1 Å². The number of amides is 2. The summed E-state index contributed by atoms with van der Waals surface area (Å²) in [4.78, 5) is 37.4. The molecule has 9 nitrogen and oxygen atoms in total. The summed E-state index contributed by atoms with van der Waals surface area (Å²) < 4.78 is 11.3. The van der Waals surface area contributed by atoms with Gasteiger partial charge < -0.3 is 20.1 Å². The number of carbonyl (C=O) groups excluding carboxylic acids is 2. The van der Waals surface area contributed by atoms with Crippen LogP contribution in [0.25, 0.3) is 0 Å². The monoisotopic (exact) mass is 422 g/mol. The van der Waals surface area contributed by atoms with Crippen molar-refractivity contribution in [3.8, 4) is 5.75 Å². The van der Waals surface area contributed by atoms with Crippen molar-refractivity contribution in [2.24, 2.45) is 0 Å². The van der Waals surface area contributed by atoms with Gasteiger partial charge in [0.2, 0.25) is 0 Å². The predicted molar refractivity (Wildman–Crippen MR) is 116 cm³/mol. The molecule has 0 unspecified atom stereocenters. The van der Waals surface area contributed by atoms with Gasteiger partial charge in [-0.1, -0.05) is 18.2 Å². The molecule has 0 bridgehead atoms. The Hall–Kier alpha value is -3.98. The van der Waals surface area contributed by atoms with Gasteiger partial charge >= 0.3 is 0 Å². The van der Waals surface area contributed by atoms with E-state index in [2.05, 4.69) is 15.7 Å². The maximum absolute atomic E-state index is 12.8. The number of nitrogens with zero attached hydrogens (tertiary/aromatic N) is 2. The minimum absolute atomic E-state index is 0.0405. The number of rotatable bonds is 8. The van der Waals surface area contributed by atoms with Gasteiger partial charge in [0.05, 0.1) is 31.5 Å². The SMILES string of the molecule is COCCn1nc(C(=O)Nc2ccccc2C(=O)Nc2cccc(OC)c2)ccc1=O. The maximum atomic E-state index is 12.8. The molecule has 0 aliphatic heterocycles. The number of aromatic nitrogens is 2. The van der Waals surface area contributed by atoms with Gasteiger partial charge in [-0.05, 0) is 30.3 Å². The van der Waals surface area contributed by atoms with E-state index in [0.717, 1.165) is 4.68 Å². The van der Waals surface area contributed by atoms with Crippen LogP contribution in [0.15, 0.2) is 65.5 Å². The van der Waals surface area contributed by atoms with E-state index in [-0.39, 0.29) is 30.0 Å². The van der Waals surface area contributed by atoms with Crippen LogP contribution in [-0.4, -0.2) is 42.4 Å². The normalized spacial score (nSPS) is 10.4. The summed E-state index contributed by atoms with van der Waals surface area (Å²) in [5.74, 6) is -0.343. The lowest BCUT2D eigenvalue weighted by Gasteiger charge is -2.12. The third-order valence-electron chi connectivity index (χ3n) is 4.35. The quantitative estimate of drug-likeness (QED) is 0.577. The minimum atomic E-state index is -0.548. The molecule has 1 heterocycles. The van der Waals surface area contributed by atoms with Crippen molar-refractivity contribution in [2.75, 3.05) is 31.5 Å². The lowest BCUT2D eigenvalue weighted by molar-refractivity contribution is 0.101. The van der Waals surface area contributed by atoms with Crippen molar-refractivity contribution < 1.29 is 19.1 Å². The van der Waals surface area contributed by atoms with E-state index in [1.807, 2.05) is 0 Å². The highest BCUT2D eigenvalue weighted by molar-refractivity contribution is 6.12. The molecule has 0 saturated carbocycles. The molecule has 31 heavy (non-hydrogen) atoms. The fourth-order valence-corrected chi connectivity index (χ4v) is 2.78. The second-order valence-corrected chi connectivity index (χ2v) is 6.46. The van der Waals surface area contributed by atoms with Gasteiger partial charge in [0, 0.05) is 24.9 Å². The fraction of sp³-hybridized carbons (Fsp3) is 0.182. The first-order valence-electron chi connectivity index (χ1n) is 9.44. The molecular formula is C22H22N4O5. The molecule has 2 amide bonds. The van der Waals surface area contributed by atoms with E-state index in [9.17, 15) is 14.4 Å². The van der Waals surface area contributed by atoms with Crippen molar-refractivity contribution in [3.63, 3.8) is 0 Å². The van der Waals surface area contributed by atoms with Crippen LogP contribution in [0.4, 0.5) is 11.4 Å². The summed E-state index contributed by atoms with van der Waals surface area (Å²) in [6, 6.07) is 16.1. The number of hydrogen-bond donors (Lipinski definition) is 2. The van der Waals surface area contributed by atoms with Gasteiger partial charge in [-0.2, -0.15) is 5.10 Å². The predicted octanol–water partition coefficient (Wildman–Crippen LogP) is 2.40. The second-order valence-electron chi connectivity index (χ2n) is 6.46. The van der Waals surface area contributed by atoms with Crippen LogP contribution in [0.1, 0.15) is 20.8 Å². The maximum Gasteiger partial charge on any atom is 0.276 e. The Morgan fingerprint density at radius 3 is 2.55 bits per heavy atom. The van der Waals surface area contributed by atoms with Crippen LogP contribution in [0.5, 0.6) is 5.75 Å². The molecule has 1 aromatic heterocycles. The van der Waals surface area contributed by atoms with Gasteiger partial charge in [0.15, 0.2) is 0 Å². The topological polar surface area (TPSA) is 112 Å².